The van der Waals surface area contributed by atoms with Gasteiger partial charge in [-0.05, 0) is 37.3 Å². The molecular weight excluding hydrogens is 535 g/mol. The molecule has 0 aliphatic heterocycles. The molecule has 2 aromatic heterocycles. The quantitative estimate of drug-likeness (QED) is 0.241. The van der Waals surface area contributed by atoms with Gasteiger partial charge >= 0.3 is 6.18 Å². The van der Waals surface area contributed by atoms with Crippen molar-refractivity contribution in [1.29, 1.82) is 0 Å². The van der Waals surface area contributed by atoms with Gasteiger partial charge in [-0.15, -0.1) is 21.5 Å². The summed E-state index contributed by atoms with van der Waals surface area (Å²) in [6.07, 6.45) is -4.46. The summed E-state index contributed by atoms with van der Waals surface area (Å²) in [5.74, 6) is 0.322. The molecule has 2 heterocycles. The number of rotatable bonds is 9. The van der Waals surface area contributed by atoms with Crippen LogP contribution in [0.15, 0.2) is 59.1 Å². The highest BCUT2D eigenvalue weighted by molar-refractivity contribution is 7.99. The van der Waals surface area contributed by atoms with E-state index in [0.29, 0.717) is 27.7 Å². The zero-order valence-corrected chi connectivity index (χ0v) is 21.1. The second-order valence-corrected chi connectivity index (χ2v) is 9.58. The smallest absolute Gasteiger partial charge is 0.416 e. The Kier molecular flexibility index (Phi) is 8.17. The van der Waals surface area contributed by atoms with Crippen molar-refractivity contribution in [2.45, 2.75) is 31.4 Å². The number of nitrogens with zero attached hydrogens (tertiary/aromatic N) is 4. The fourth-order valence-electron chi connectivity index (χ4n) is 3.13. The molecule has 0 spiro atoms. The Labute approximate surface area is 217 Å². The lowest BCUT2D eigenvalue weighted by Crippen LogP contribution is -2.14. The highest BCUT2D eigenvalue weighted by Gasteiger charge is 2.30. The van der Waals surface area contributed by atoms with Crippen LogP contribution in [0.5, 0.6) is 5.75 Å². The molecule has 0 aliphatic rings. The first-order valence-electron chi connectivity index (χ1n) is 10.6. The summed E-state index contributed by atoms with van der Waals surface area (Å²) < 4.78 is 46.0. The molecule has 4 aromatic rings. The van der Waals surface area contributed by atoms with E-state index in [1.165, 1.54) is 35.2 Å². The minimum Gasteiger partial charge on any atom is -0.486 e. The summed E-state index contributed by atoms with van der Waals surface area (Å²) in [6.45, 7) is 2.30. The average Bonchev–Trinajstić information content (AvgIpc) is 3.48. The SMILES string of the molecule is CCn1c(COc2cccc(C(F)(F)F)c2)nnc1SCC(=O)Nc1nc(-c2ccc(Cl)cc2)cs1. The van der Waals surface area contributed by atoms with E-state index in [2.05, 4.69) is 20.5 Å². The Bertz CT molecular complexity index is 1340. The van der Waals surface area contributed by atoms with Crippen molar-refractivity contribution < 1.29 is 22.7 Å². The minimum atomic E-state index is -4.46. The standard InChI is InChI=1S/C23H19ClF3N5O2S2/c1-2-32-19(11-34-17-5-3-4-15(10-17)23(25,26)27)30-31-22(32)36-13-20(33)29-21-28-18(12-35-21)14-6-8-16(24)9-7-14/h3-10,12H,2,11,13H2,1H3,(H,28,29,33). The highest BCUT2D eigenvalue weighted by Crippen LogP contribution is 2.31. The van der Waals surface area contributed by atoms with Crippen LogP contribution in [-0.4, -0.2) is 31.4 Å². The van der Waals surface area contributed by atoms with Gasteiger partial charge in [0.1, 0.15) is 12.4 Å². The molecule has 188 valence electrons. The minimum absolute atomic E-state index is 0.0680. The monoisotopic (exact) mass is 553 g/mol. The largest absolute Gasteiger partial charge is 0.486 e. The first-order chi connectivity index (χ1) is 17.2. The van der Waals surface area contributed by atoms with Crippen LogP contribution in [0.3, 0.4) is 0 Å². The van der Waals surface area contributed by atoms with Gasteiger partial charge in [-0.2, -0.15) is 13.2 Å². The summed E-state index contributed by atoms with van der Waals surface area (Å²) >= 11 is 8.41. The molecule has 7 nitrogen and oxygen atoms in total. The number of halogens is 4. The van der Waals surface area contributed by atoms with Crippen LogP contribution in [0.25, 0.3) is 11.3 Å². The van der Waals surface area contributed by atoms with Gasteiger partial charge in [0, 0.05) is 22.5 Å². The van der Waals surface area contributed by atoms with Crippen LogP contribution in [0.1, 0.15) is 18.3 Å². The van der Waals surface area contributed by atoms with E-state index in [9.17, 15) is 18.0 Å². The lowest BCUT2D eigenvalue weighted by atomic mass is 10.2. The van der Waals surface area contributed by atoms with Crippen LogP contribution in [0.4, 0.5) is 18.3 Å². The molecule has 0 atom stereocenters. The molecule has 0 fully saturated rings. The molecule has 0 bridgehead atoms. The summed E-state index contributed by atoms with van der Waals surface area (Å²) in [5, 5.41) is 14.4. The third-order valence-electron chi connectivity index (χ3n) is 4.86. The Morgan fingerprint density at radius 1 is 1.19 bits per heavy atom. The van der Waals surface area contributed by atoms with Gasteiger partial charge in [-0.3, -0.25) is 4.79 Å². The molecule has 13 heteroatoms. The van der Waals surface area contributed by atoms with Gasteiger partial charge < -0.3 is 14.6 Å². The molecule has 0 unspecified atom stereocenters. The Hall–Kier alpha value is -3.09. The van der Waals surface area contributed by atoms with Gasteiger partial charge in [0.05, 0.1) is 17.0 Å². The van der Waals surface area contributed by atoms with Crippen LogP contribution in [-0.2, 0) is 24.1 Å². The van der Waals surface area contributed by atoms with E-state index in [0.717, 1.165) is 23.4 Å². The van der Waals surface area contributed by atoms with E-state index < -0.39 is 11.7 Å². The summed E-state index contributed by atoms with van der Waals surface area (Å²) in [6, 6.07) is 11.9. The third-order valence-corrected chi connectivity index (χ3v) is 6.84. The normalized spacial score (nSPS) is 11.5. The number of nitrogens with one attached hydrogen (secondary N) is 1. The van der Waals surface area contributed by atoms with E-state index in [1.807, 2.05) is 24.4 Å². The molecule has 0 saturated carbocycles. The first kappa shape index (κ1) is 26.0. The van der Waals surface area contributed by atoms with E-state index in [4.69, 9.17) is 16.3 Å². The van der Waals surface area contributed by atoms with Crippen molar-refractivity contribution in [2.24, 2.45) is 0 Å². The number of amides is 1. The number of alkyl halides is 3. The number of thioether (sulfide) groups is 1. The Morgan fingerprint density at radius 2 is 1.97 bits per heavy atom. The van der Waals surface area contributed by atoms with Crippen molar-refractivity contribution in [2.75, 3.05) is 11.1 Å². The topological polar surface area (TPSA) is 81.9 Å². The molecule has 2 aromatic carbocycles. The van der Waals surface area contributed by atoms with Crippen molar-refractivity contribution in [3.8, 4) is 17.0 Å². The zero-order valence-electron chi connectivity index (χ0n) is 18.8. The molecule has 1 amide bonds. The molecule has 0 saturated heterocycles. The number of aromatic nitrogens is 4. The molecule has 4 rings (SSSR count). The molecule has 36 heavy (non-hydrogen) atoms. The number of thiazole rings is 1. The van der Waals surface area contributed by atoms with Crippen molar-refractivity contribution in [3.63, 3.8) is 0 Å². The predicted octanol–water partition coefficient (Wildman–Crippen LogP) is 6.40. The lowest BCUT2D eigenvalue weighted by Gasteiger charge is -2.11. The van der Waals surface area contributed by atoms with Gasteiger partial charge in [0.15, 0.2) is 16.1 Å². The summed E-state index contributed by atoms with van der Waals surface area (Å²) in [7, 11) is 0. The third kappa shape index (κ3) is 6.56. The average molecular weight is 554 g/mol. The molecular formula is C23H19ClF3N5O2S2. The number of anilines is 1. The van der Waals surface area contributed by atoms with E-state index in [-0.39, 0.29) is 24.0 Å². The molecule has 0 radical (unpaired) electrons. The van der Waals surface area contributed by atoms with Crippen molar-refractivity contribution >= 4 is 45.7 Å². The number of hydrogen-bond donors (Lipinski definition) is 1. The maximum absolute atomic E-state index is 12.9. The first-order valence-corrected chi connectivity index (χ1v) is 12.8. The van der Waals surface area contributed by atoms with Crippen LogP contribution in [0.2, 0.25) is 5.02 Å². The van der Waals surface area contributed by atoms with Gasteiger partial charge in [-0.25, -0.2) is 4.98 Å². The maximum atomic E-state index is 12.9. The van der Waals surface area contributed by atoms with E-state index in [1.54, 1.807) is 16.7 Å². The Balaban J connectivity index is 1.33. The fraction of sp³-hybridized carbons (Fsp3) is 0.217. The highest BCUT2D eigenvalue weighted by atomic mass is 35.5. The fourth-order valence-corrected chi connectivity index (χ4v) is 4.81. The number of carbonyl (C=O) groups is 1. The second kappa shape index (κ2) is 11.3. The van der Waals surface area contributed by atoms with Crippen LogP contribution >= 0.6 is 34.7 Å². The van der Waals surface area contributed by atoms with Gasteiger partial charge in [0.25, 0.3) is 0 Å². The summed E-state index contributed by atoms with van der Waals surface area (Å²) in [5.41, 5.74) is 0.831. The van der Waals surface area contributed by atoms with E-state index >= 15 is 0 Å². The second-order valence-electron chi connectivity index (χ2n) is 7.34. The Morgan fingerprint density at radius 3 is 2.69 bits per heavy atom. The van der Waals surface area contributed by atoms with Gasteiger partial charge in [0.2, 0.25) is 5.91 Å². The predicted molar refractivity (Wildman–Crippen MR) is 133 cm³/mol. The number of benzene rings is 2. The molecule has 0 aliphatic carbocycles. The van der Waals surface area contributed by atoms with Crippen molar-refractivity contribution in [1.82, 2.24) is 19.7 Å². The van der Waals surface area contributed by atoms with Crippen molar-refractivity contribution in [3.05, 3.63) is 70.3 Å². The van der Waals surface area contributed by atoms with Gasteiger partial charge in [-0.1, -0.05) is 41.6 Å². The summed E-state index contributed by atoms with van der Waals surface area (Å²) in [4.78, 5) is 16.9. The van der Waals surface area contributed by atoms with Crippen LogP contribution in [0, 0.1) is 0 Å². The number of hydrogen-bond acceptors (Lipinski definition) is 7. The van der Waals surface area contributed by atoms with Crippen LogP contribution < -0.4 is 10.1 Å². The number of carbonyl (C=O) groups excluding carboxylic acids is 1. The molecule has 1 N–H and O–H groups in total. The maximum Gasteiger partial charge on any atom is 0.416 e. The zero-order chi connectivity index (χ0) is 25.7. The lowest BCUT2D eigenvalue weighted by molar-refractivity contribution is -0.137. The number of ether oxygens (including phenoxy) is 1.